The Balaban J connectivity index is 1.50. The number of benzene rings is 2. The van der Waals surface area contributed by atoms with Crippen molar-refractivity contribution >= 4 is 20.9 Å². The molecule has 6 nitrogen and oxygen atoms in total. The summed E-state index contributed by atoms with van der Waals surface area (Å²) >= 11 is 0. The maximum absolute atomic E-state index is 12.6. The van der Waals surface area contributed by atoms with E-state index >= 15 is 0 Å². The lowest BCUT2D eigenvalue weighted by atomic mass is 10.1. The van der Waals surface area contributed by atoms with E-state index in [-0.39, 0.29) is 4.90 Å². The van der Waals surface area contributed by atoms with Crippen molar-refractivity contribution in [2.45, 2.75) is 25.2 Å². The van der Waals surface area contributed by atoms with E-state index in [2.05, 4.69) is 34.8 Å². The van der Waals surface area contributed by atoms with E-state index in [1.807, 2.05) is 6.92 Å². The van der Waals surface area contributed by atoms with Crippen molar-refractivity contribution in [2.24, 2.45) is 0 Å². The standard InChI is InChI=1S/C20H22N2O4S/c1-13-3-5-18-17(11-13)16(14(2)22-18)7-8-21-27(23,24)15-4-6-19-20(12-15)26-10-9-25-19/h3-6,11-12,21-22H,7-10H2,1-2H3. The molecule has 3 aromatic rings. The Hall–Kier alpha value is -2.51. The SMILES string of the molecule is Cc1ccc2[nH]c(C)c(CCNS(=O)(=O)c3ccc4c(c3)OCCO4)c2c1. The number of sulfonamides is 1. The van der Waals surface area contributed by atoms with Crippen LogP contribution in [-0.4, -0.2) is 33.2 Å². The van der Waals surface area contributed by atoms with Crippen LogP contribution in [0.1, 0.15) is 16.8 Å². The highest BCUT2D eigenvalue weighted by molar-refractivity contribution is 7.89. The molecule has 2 N–H and O–H groups in total. The Labute approximate surface area is 158 Å². The molecule has 0 saturated heterocycles. The van der Waals surface area contributed by atoms with E-state index in [9.17, 15) is 8.42 Å². The van der Waals surface area contributed by atoms with Crippen LogP contribution in [0.15, 0.2) is 41.3 Å². The number of hydrogen-bond acceptors (Lipinski definition) is 4. The fourth-order valence-electron chi connectivity index (χ4n) is 3.40. The van der Waals surface area contributed by atoms with Crippen LogP contribution in [0.2, 0.25) is 0 Å². The van der Waals surface area contributed by atoms with Gasteiger partial charge < -0.3 is 14.5 Å². The van der Waals surface area contributed by atoms with Crippen LogP contribution in [-0.2, 0) is 16.4 Å². The smallest absolute Gasteiger partial charge is 0.240 e. The van der Waals surface area contributed by atoms with Crippen LogP contribution in [0.3, 0.4) is 0 Å². The van der Waals surface area contributed by atoms with E-state index in [1.54, 1.807) is 6.07 Å². The zero-order valence-corrected chi connectivity index (χ0v) is 16.2. The third-order valence-electron chi connectivity index (χ3n) is 4.77. The molecule has 2 heterocycles. The lowest BCUT2D eigenvalue weighted by Gasteiger charge is -2.18. The molecule has 2 aromatic carbocycles. The van der Waals surface area contributed by atoms with Crippen molar-refractivity contribution in [3.8, 4) is 11.5 Å². The summed E-state index contributed by atoms with van der Waals surface area (Å²) in [5.41, 5.74) is 4.45. The molecule has 0 unspecified atom stereocenters. The molecule has 27 heavy (non-hydrogen) atoms. The molecule has 1 aliphatic rings. The van der Waals surface area contributed by atoms with E-state index in [0.29, 0.717) is 37.7 Å². The average Bonchev–Trinajstić information content (AvgIpc) is 2.96. The number of aromatic amines is 1. The van der Waals surface area contributed by atoms with E-state index < -0.39 is 10.0 Å². The number of aryl methyl sites for hydroxylation is 2. The quantitative estimate of drug-likeness (QED) is 0.706. The first-order valence-corrected chi connectivity index (χ1v) is 10.4. The minimum absolute atomic E-state index is 0.179. The number of aromatic nitrogens is 1. The maximum Gasteiger partial charge on any atom is 0.240 e. The van der Waals surface area contributed by atoms with Gasteiger partial charge in [0.25, 0.3) is 0 Å². The summed E-state index contributed by atoms with van der Waals surface area (Å²) in [5.74, 6) is 1.04. The molecule has 0 fully saturated rings. The van der Waals surface area contributed by atoms with Gasteiger partial charge in [0.15, 0.2) is 11.5 Å². The lowest BCUT2D eigenvalue weighted by molar-refractivity contribution is 0.171. The fraction of sp³-hybridized carbons (Fsp3) is 0.300. The van der Waals surface area contributed by atoms with Crippen molar-refractivity contribution in [1.29, 1.82) is 0 Å². The molecule has 0 saturated carbocycles. The predicted molar refractivity (Wildman–Crippen MR) is 104 cm³/mol. The Bertz CT molecular complexity index is 1100. The average molecular weight is 386 g/mol. The molecular formula is C20H22N2O4S. The Kier molecular flexibility index (Phi) is 4.57. The molecule has 4 rings (SSSR count). The van der Waals surface area contributed by atoms with Crippen LogP contribution in [0.5, 0.6) is 11.5 Å². The van der Waals surface area contributed by atoms with Gasteiger partial charge in [0, 0.05) is 29.2 Å². The summed E-state index contributed by atoms with van der Waals surface area (Å²) in [6, 6.07) is 10.9. The number of hydrogen-bond donors (Lipinski definition) is 2. The first-order chi connectivity index (χ1) is 12.9. The summed E-state index contributed by atoms with van der Waals surface area (Å²) in [6.45, 7) is 5.28. The summed E-state index contributed by atoms with van der Waals surface area (Å²) in [5, 5.41) is 1.14. The third kappa shape index (κ3) is 3.52. The molecule has 1 aliphatic heterocycles. The second kappa shape index (κ2) is 6.90. The highest BCUT2D eigenvalue weighted by Gasteiger charge is 2.19. The Morgan fingerprint density at radius 2 is 1.81 bits per heavy atom. The van der Waals surface area contributed by atoms with Crippen molar-refractivity contribution in [2.75, 3.05) is 19.8 Å². The summed E-state index contributed by atoms with van der Waals surface area (Å²) < 4.78 is 38.9. The second-order valence-electron chi connectivity index (χ2n) is 6.73. The minimum atomic E-state index is -3.62. The predicted octanol–water partition coefficient (Wildman–Crippen LogP) is 3.08. The third-order valence-corrected chi connectivity index (χ3v) is 6.22. The zero-order valence-electron chi connectivity index (χ0n) is 15.3. The van der Waals surface area contributed by atoms with Crippen LogP contribution >= 0.6 is 0 Å². The Morgan fingerprint density at radius 1 is 1.04 bits per heavy atom. The largest absolute Gasteiger partial charge is 0.486 e. The van der Waals surface area contributed by atoms with Crippen molar-refractivity contribution in [3.05, 3.63) is 53.2 Å². The van der Waals surface area contributed by atoms with Crippen LogP contribution < -0.4 is 14.2 Å². The number of H-pyrrole nitrogens is 1. The van der Waals surface area contributed by atoms with Crippen molar-refractivity contribution < 1.29 is 17.9 Å². The van der Waals surface area contributed by atoms with Gasteiger partial charge in [-0.3, -0.25) is 0 Å². The number of nitrogens with one attached hydrogen (secondary N) is 2. The zero-order chi connectivity index (χ0) is 19.0. The van der Waals surface area contributed by atoms with Gasteiger partial charge in [0.05, 0.1) is 4.90 Å². The normalized spacial score (nSPS) is 13.9. The summed E-state index contributed by atoms with van der Waals surface area (Å²) in [4.78, 5) is 3.54. The number of ether oxygens (including phenoxy) is 2. The van der Waals surface area contributed by atoms with E-state index in [1.165, 1.54) is 17.7 Å². The number of fused-ring (bicyclic) bond motifs is 2. The molecule has 7 heteroatoms. The van der Waals surface area contributed by atoms with Gasteiger partial charge in [-0.15, -0.1) is 0 Å². The molecule has 1 aromatic heterocycles. The monoisotopic (exact) mass is 386 g/mol. The minimum Gasteiger partial charge on any atom is -0.486 e. The van der Waals surface area contributed by atoms with Crippen LogP contribution in [0.25, 0.3) is 10.9 Å². The van der Waals surface area contributed by atoms with E-state index in [4.69, 9.17) is 9.47 Å². The fourth-order valence-corrected chi connectivity index (χ4v) is 4.45. The highest BCUT2D eigenvalue weighted by atomic mass is 32.2. The molecule has 0 bridgehead atoms. The topological polar surface area (TPSA) is 80.4 Å². The summed E-state index contributed by atoms with van der Waals surface area (Å²) in [6.07, 6.45) is 0.610. The molecule has 0 spiro atoms. The lowest BCUT2D eigenvalue weighted by Crippen LogP contribution is -2.26. The molecule has 142 valence electrons. The van der Waals surface area contributed by atoms with Gasteiger partial charge >= 0.3 is 0 Å². The van der Waals surface area contributed by atoms with Crippen molar-refractivity contribution in [3.63, 3.8) is 0 Å². The van der Waals surface area contributed by atoms with Gasteiger partial charge in [0.1, 0.15) is 13.2 Å². The molecule has 0 radical (unpaired) electrons. The van der Waals surface area contributed by atoms with Crippen LogP contribution in [0.4, 0.5) is 0 Å². The second-order valence-corrected chi connectivity index (χ2v) is 8.50. The molecule has 0 amide bonds. The molecule has 0 atom stereocenters. The van der Waals surface area contributed by atoms with Gasteiger partial charge in [0.2, 0.25) is 10.0 Å². The van der Waals surface area contributed by atoms with Crippen molar-refractivity contribution in [1.82, 2.24) is 9.71 Å². The molecular weight excluding hydrogens is 364 g/mol. The number of rotatable bonds is 5. The first-order valence-electron chi connectivity index (χ1n) is 8.91. The van der Waals surface area contributed by atoms with Gasteiger partial charge in [-0.1, -0.05) is 11.6 Å². The van der Waals surface area contributed by atoms with E-state index in [0.717, 1.165) is 22.2 Å². The first kappa shape index (κ1) is 17.9. The van der Waals surface area contributed by atoms with Gasteiger partial charge in [-0.2, -0.15) is 0 Å². The maximum atomic E-state index is 12.6. The van der Waals surface area contributed by atoms with Gasteiger partial charge in [-0.05, 0) is 50.1 Å². The Morgan fingerprint density at radius 3 is 2.63 bits per heavy atom. The highest BCUT2D eigenvalue weighted by Crippen LogP contribution is 2.32. The molecule has 0 aliphatic carbocycles. The van der Waals surface area contributed by atoms with Crippen LogP contribution in [0, 0.1) is 13.8 Å². The van der Waals surface area contributed by atoms with Gasteiger partial charge in [-0.25, -0.2) is 13.1 Å². The summed E-state index contributed by atoms with van der Waals surface area (Å²) in [7, 11) is -3.62.